The number of nitrogens with zero attached hydrogens (tertiary/aromatic N) is 1. The lowest BCUT2D eigenvalue weighted by Gasteiger charge is -2.30. The summed E-state index contributed by atoms with van der Waals surface area (Å²) < 4.78 is 6.79. The zero-order valence-corrected chi connectivity index (χ0v) is 26.3. The highest BCUT2D eigenvalue weighted by molar-refractivity contribution is 6.11. The SMILES string of the molecule is c1ccc(-c2ccc(N(c3ccc(-c4ccccc4)cc3)c3ccc4c5c(cccc35)-c3cccc(-c5ccccc5)c3O4)cc2)cc1. The highest BCUT2D eigenvalue weighted by Gasteiger charge is 2.26. The van der Waals surface area contributed by atoms with Gasteiger partial charge in [0.15, 0.2) is 0 Å². The number of rotatable bonds is 6. The van der Waals surface area contributed by atoms with E-state index in [4.69, 9.17) is 4.74 Å². The lowest BCUT2D eigenvalue weighted by molar-refractivity contribution is 0.489. The molecule has 8 aromatic rings. The van der Waals surface area contributed by atoms with Crippen LogP contribution in [-0.2, 0) is 0 Å². The molecule has 0 aliphatic carbocycles. The molecule has 1 aliphatic heterocycles. The van der Waals surface area contributed by atoms with Crippen molar-refractivity contribution >= 4 is 27.8 Å². The van der Waals surface area contributed by atoms with Crippen LogP contribution in [0.1, 0.15) is 0 Å². The predicted octanol–water partition coefficient (Wildman–Crippen LogP) is 13.1. The van der Waals surface area contributed by atoms with Crippen LogP contribution in [0.3, 0.4) is 0 Å². The Labute approximate surface area is 280 Å². The Hall–Kier alpha value is -6.38. The van der Waals surface area contributed by atoms with Crippen molar-refractivity contribution in [2.75, 3.05) is 4.90 Å². The van der Waals surface area contributed by atoms with Gasteiger partial charge in [0.1, 0.15) is 11.5 Å². The number of fused-ring (bicyclic) bond motifs is 2. The zero-order chi connectivity index (χ0) is 31.9. The fourth-order valence-corrected chi connectivity index (χ4v) is 6.97. The average molecular weight is 614 g/mol. The van der Waals surface area contributed by atoms with Gasteiger partial charge in [0.2, 0.25) is 0 Å². The minimum absolute atomic E-state index is 0.874. The second-order valence-corrected chi connectivity index (χ2v) is 12.1. The molecule has 0 fully saturated rings. The van der Waals surface area contributed by atoms with Gasteiger partial charge >= 0.3 is 0 Å². The summed E-state index contributed by atoms with van der Waals surface area (Å²) in [5, 5.41) is 2.26. The molecule has 0 aromatic heterocycles. The van der Waals surface area contributed by atoms with E-state index in [0.29, 0.717) is 0 Å². The average Bonchev–Trinajstić information content (AvgIpc) is 3.17. The third kappa shape index (κ3) is 4.83. The Morgan fingerprint density at radius 1 is 0.333 bits per heavy atom. The summed E-state index contributed by atoms with van der Waals surface area (Å²) in [5.74, 6) is 1.78. The van der Waals surface area contributed by atoms with E-state index in [9.17, 15) is 0 Å². The number of benzene rings is 8. The van der Waals surface area contributed by atoms with Gasteiger partial charge < -0.3 is 9.64 Å². The summed E-state index contributed by atoms with van der Waals surface area (Å²) in [6, 6.07) is 66.7. The fraction of sp³-hybridized carbons (Fsp3) is 0. The highest BCUT2D eigenvalue weighted by atomic mass is 16.5. The molecular formula is C46H31NO. The van der Waals surface area contributed by atoms with Gasteiger partial charge in [-0.15, -0.1) is 0 Å². The van der Waals surface area contributed by atoms with Crippen LogP contribution in [0, 0.1) is 0 Å². The Morgan fingerprint density at radius 3 is 1.40 bits per heavy atom. The number of anilines is 3. The number of ether oxygens (including phenoxy) is 1. The van der Waals surface area contributed by atoms with Crippen LogP contribution in [0.5, 0.6) is 11.5 Å². The van der Waals surface area contributed by atoms with E-state index in [1.165, 1.54) is 27.8 Å². The molecule has 226 valence electrons. The van der Waals surface area contributed by atoms with E-state index in [1.807, 2.05) is 6.07 Å². The topological polar surface area (TPSA) is 12.5 Å². The minimum Gasteiger partial charge on any atom is -0.455 e. The molecule has 1 heterocycles. The van der Waals surface area contributed by atoms with Gasteiger partial charge in [0, 0.05) is 33.3 Å². The van der Waals surface area contributed by atoms with Gasteiger partial charge in [-0.2, -0.15) is 0 Å². The van der Waals surface area contributed by atoms with Crippen molar-refractivity contribution in [1.82, 2.24) is 0 Å². The third-order valence-corrected chi connectivity index (χ3v) is 9.29. The molecule has 0 radical (unpaired) electrons. The Bertz CT molecular complexity index is 2300. The summed E-state index contributed by atoms with van der Waals surface area (Å²) in [7, 11) is 0. The first-order valence-corrected chi connectivity index (χ1v) is 16.4. The summed E-state index contributed by atoms with van der Waals surface area (Å²) in [5.41, 5.74) is 12.6. The summed E-state index contributed by atoms with van der Waals surface area (Å²) in [6.07, 6.45) is 0. The summed E-state index contributed by atoms with van der Waals surface area (Å²) in [4.78, 5) is 2.36. The van der Waals surface area contributed by atoms with Gasteiger partial charge in [0.25, 0.3) is 0 Å². The maximum atomic E-state index is 6.79. The van der Waals surface area contributed by atoms with Gasteiger partial charge in [-0.25, -0.2) is 0 Å². The molecule has 0 atom stereocenters. The minimum atomic E-state index is 0.874. The van der Waals surface area contributed by atoms with Crippen LogP contribution in [-0.4, -0.2) is 0 Å². The molecule has 0 amide bonds. The quantitative estimate of drug-likeness (QED) is 0.185. The van der Waals surface area contributed by atoms with Gasteiger partial charge in [-0.3, -0.25) is 0 Å². The maximum absolute atomic E-state index is 6.79. The second kappa shape index (κ2) is 11.8. The predicted molar refractivity (Wildman–Crippen MR) is 200 cm³/mol. The van der Waals surface area contributed by atoms with Crippen LogP contribution in [0.25, 0.3) is 55.3 Å². The monoisotopic (exact) mass is 613 g/mol. The molecule has 1 aliphatic rings. The van der Waals surface area contributed by atoms with E-state index < -0.39 is 0 Å². The number of hydrogen-bond donors (Lipinski definition) is 0. The van der Waals surface area contributed by atoms with E-state index >= 15 is 0 Å². The van der Waals surface area contributed by atoms with Crippen molar-refractivity contribution in [2.24, 2.45) is 0 Å². The van der Waals surface area contributed by atoms with Gasteiger partial charge in [-0.05, 0) is 69.8 Å². The molecule has 0 saturated heterocycles. The largest absolute Gasteiger partial charge is 0.455 e. The smallest absolute Gasteiger partial charge is 0.143 e. The van der Waals surface area contributed by atoms with Crippen LogP contribution >= 0.6 is 0 Å². The van der Waals surface area contributed by atoms with Crippen LogP contribution in [0.4, 0.5) is 17.1 Å². The van der Waals surface area contributed by atoms with E-state index in [-0.39, 0.29) is 0 Å². The standard InChI is InChI=1S/C46H31NO/c1-4-12-32(13-5-1)34-22-26-37(27-23-34)47(38-28-24-35(25-29-38)33-14-6-2-7-15-33)43-30-31-44-45-40(19-11-21-42(43)45)41-20-10-18-39(46(41)48-44)36-16-8-3-9-17-36/h1-31H. The Morgan fingerprint density at radius 2 is 0.812 bits per heavy atom. The first-order chi connectivity index (χ1) is 23.8. The summed E-state index contributed by atoms with van der Waals surface area (Å²) in [6.45, 7) is 0. The number of para-hydroxylation sites is 1. The molecule has 0 bridgehead atoms. The third-order valence-electron chi connectivity index (χ3n) is 9.29. The molecule has 0 N–H and O–H groups in total. The lowest BCUT2D eigenvalue weighted by atomic mass is 9.90. The first-order valence-electron chi connectivity index (χ1n) is 16.4. The Kier molecular flexibility index (Phi) is 6.84. The van der Waals surface area contributed by atoms with Crippen molar-refractivity contribution in [1.29, 1.82) is 0 Å². The Balaban J connectivity index is 1.21. The van der Waals surface area contributed by atoms with Crippen LogP contribution in [0.2, 0.25) is 0 Å². The van der Waals surface area contributed by atoms with Crippen molar-refractivity contribution in [3.8, 4) is 56.0 Å². The summed E-state index contributed by atoms with van der Waals surface area (Å²) >= 11 is 0. The lowest BCUT2D eigenvalue weighted by Crippen LogP contribution is -2.11. The van der Waals surface area contributed by atoms with Crippen molar-refractivity contribution in [2.45, 2.75) is 0 Å². The van der Waals surface area contributed by atoms with Gasteiger partial charge in [0.05, 0.1) is 5.69 Å². The molecule has 9 rings (SSSR count). The first kappa shape index (κ1) is 27.9. The van der Waals surface area contributed by atoms with Crippen molar-refractivity contribution in [3.05, 3.63) is 188 Å². The van der Waals surface area contributed by atoms with E-state index in [1.54, 1.807) is 0 Å². The zero-order valence-electron chi connectivity index (χ0n) is 26.3. The molecule has 2 nitrogen and oxygen atoms in total. The van der Waals surface area contributed by atoms with Crippen molar-refractivity contribution in [3.63, 3.8) is 0 Å². The fourth-order valence-electron chi connectivity index (χ4n) is 6.97. The maximum Gasteiger partial charge on any atom is 0.143 e. The number of hydrogen-bond acceptors (Lipinski definition) is 2. The van der Waals surface area contributed by atoms with Crippen molar-refractivity contribution < 1.29 is 4.74 Å². The molecule has 0 saturated carbocycles. The highest BCUT2D eigenvalue weighted by Crippen LogP contribution is 2.53. The molecule has 2 heteroatoms. The molecular weight excluding hydrogens is 583 g/mol. The van der Waals surface area contributed by atoms with E-state index in [2.05, 4.69) is 187 Å². The van der Waals surface area contributed by atoms with Gasteiger partial charge in [-0.1, -0.05) is 152 Å². The molecule has 48 heavy (non-hydrogen) atoms. The molecule has 8 aromatic carbocycles. The molecule has 0 spiro atoms. The second-order valence-electron chi connectivity index (χ2n) is 12.1. The van der Waals surface area contributed by atoms with Crippen LogP contribution < -0.4 is 9.64 Å². The molecule has 0 unspecified atom stereocenters. The van der Waals surface area contributed by atoms with Crippen LogP contribution in [0.15, 0.2) is 188 Å². The normalized spacial score (nSPS) is 11.5. The van der Waals surface area contributed by atoms with E-state index in [0.717, 1.165) is 56.0 Å².